The molecule has 3 heterocycles. The van der Waals surface area contributed by atoms with Crippen LogP contribution in [0.15, 0.2) is 0 Å². The minimum Gasteiger partial charge on any atom is -0.457 e. The molecule has 0 aliphatic carbocycles. The van der Waals surface area contributed by atoms with Crippen LogP contribution in [0.25, 0.3) is 0 Å². The van der Waals surface area contributed by atoms with Crippen molar-refractivity contribution in [2.75, 3.05) is 19.8 Å². The maximum atomic E-state index is 10.9. The molecule has 17 heavy (non-hydrogen) atoms. The molecule has 0 amide bonds. The summed E-state index contributed by atoms with van der Waals surface area (Å²) in [7, 11) is 0. The van der Waals surface area contributed by atoms with Gasteiger partial charge in [-0.25, -0.2) is 0 Å². The van der Waals surface area contributed by atoms with Crippen LogP contribution in [0.4, 0.5) is 0 Å². The van der Waals surface area contributed by atoms with Gasteiger partial charge < -0.3 is 24.1 Å². The molecule has 6 heteroatoms. The van der Waals surface area contributed by atoms with Gasteiger partial charge in [0.05, 0.1) is 25.9 Å². The fraction of sp³-hybridized carbons (Fsp3) is 0.909. The van der Waals surface area contributed by atoms with Crippen molar-refractivity contribution in [1.29, 1.82) is 0 Å². The monoisotopic (exact) mass is 244 g/mol. The highest BCUT2D eigenvalue weighted by Gasteiger charge is 2.58. The summed E-state index contributed by atoms with van der Waals surface area (Å²) in [6.07, 6.45) is -0.565. The topological polar surface area (TPSA) is 77.5 Å². The Balaban J connectivity index is 1.67. The number of rotatable bonds is 3. The van der Waals surface area contributed by atoms with E-state index in [0.717, 1.165) is 0 Å². The molecule has 0 radical (unpaired) electrons. The Morgan fingerprint density at radius 2 is 2.18 bits per heavy atom. The first-order valence-corrected chi connectivity index (χ1v) is 5.83. The molecule has 0 aromatic heterocycles. The molecule has 5 atom stereocenters. The molecule has 0 aromatic carbocycles. The van der Waals surface area contributed by atoms with Crippen LogP contribution >= 0.6 is 0 Å². The number of hydrogen-bond donors (Lipinski definition) is 1. The predicted molar refractivity (Wildman–Crippen MR) is 54.3 cm³/mol. The molecule has 0 spiro atoms. The van der Waals surface area contributed by atoms with E-state index in [4.69, 9.17) is 18.9 Å². The number of hydrogen-bond acceptors (Lipinski definition) is 6. The van der Waals surface area contributed by atoms with Crippen LogP contribution in [0.1, 0.15) is 13.3 Å². The second-order valence-electron chi connectivity index (χ2n) is 4.94. The van der Waals surface area contributed by atoms with Gasteiger partial charge in [-0.1, -0.05) is 0 Å². The van der Waals surface area contributed by atoms with Crippen LogP contribution in [-0.4, -0.2) is 60.9 Å². The number of fused-ring (bicyclic) bond motifs is 1. The molecule has 3 fully saturated rings. The van der Waals surface area contributed by atoms with Gasteiger partial charge in [-0.15, -0.1) is 0 Å². The highest BCUT2D eigenvalue weighted by molar-refractivity contribution is 5.66. The van der Waals surface area contributed by atoms with Crippen LogP contribution in [-0.2, 0) is 23.7 Å². The van der Waals surface area contributed by atoms with Crippen molar-refractivity contribution in [1.82, 2.24) is 0 Å². The fourth-order valence-corrected chi connectivity index (χ4v) is 2.63. The van der Waals surface area contributed by atoms with E-state index >= 15 is 0 Å². The summed E-state index contributed by atoms with van der Waals surface area (Å²) in [6, 6.07) is 0. The maximum Gasteiger partial charge on any atom is 0.303 e. The lowest BCUT2D eigenvalue weighted by Gasteiger charge is -2.25. The van der Waals surface area contributed by atoms with Crippen molar-refractivity contribution in [3.63, 3.8) is 0 Å². The third-order valence-electron chi connectivity index (χ3n) is 3.46. The van der Waals surface area contributed by atoms with Gasteiger partial charge in [0.15, 0.2) is 6.10 Å². The van der Waals surface area contributed by atoms with Crippen molar-refractivity contribution in [2.45, 2.75) is 43.4 Å². The van der Waals surface area contributed by atoms with Crippen molar-refractivity contribution in [3.05, 3.63) is 0 Å². The molecule has 3 saturated heterocycles. The summed E-state index contributed by atoms with van der Waals surface area (Å²) >= 11 is 0. The highest BCUT2D eigenvalue weighted by Crippen LogP contribution is 2.39. The van der Waals surface area contributed by atoms with Crippen molar-refractivity contribution in [2.24, 2.45) is 0 Å². The van der Waals surface area contributed by atoms with Crippen molar-refractivity contribution >= 4 is 5.97 Å². The Kier molecular flexibility index (Phi) is 2.62. The molecule has 1 unspecified atom stereocenters. The number of aliphatic hydroxyl groups is 1. The minimum absolute atomic E-state index is 0.110. The molecule has 0 aromatic rings. The lowest BCUT2D eigenvalue weighted by Crippen LogP contribution is -2.45. The lowest BCUT2D eigenvalue weighted by atomic mass is 9.91. The average molecular weight is 244 g/mol. The summed E-state index contributed by atoms with van der Waals surface area (Å²) in [6.45, 7) is 2.53. The van der Waals surface area contributed by atoms with Crippen molar-refractivity contribution in [3.8, 4) is 0 Å². The smallest absolute Gasteiger partial charge is 0.303 e. The SMILES string of the molecule is CC(=O)O[C@@H]1CO[C@H]2[C@@H]1OC[C@@]2(O)CC1CO1. The summed E-state index contributed by atoms with van der Waals surface area (Å²) in [5.41, 5.74) is -1.01. The van der Waals surface area contributed by atoms with Gasteiger partial charge in [-0.3, -0.25) is 4.79 Å². The highest BCUT2D eigenvalue weighted by atomic mass is 16.6. The third kappa shape index (κ3) is 2.06. The molecular formula is C11H16O6. The minimum atomic E-state index is -1.01. The van der Waals surface area contributed by atoms with Crippen LogP contribution in [0, 0.1) is 0 Å². The molecule has 96 valence electrons. The first-order valence-electron chi connectivity index (χ1n) is 5.83. The molecule has 3 aliphatic heterocycles. The van der Waals surface area contributed by atoms with Gasteiger partial charge in [-0.05, 0) is 0 Å². The standard InChI is InChI=1S/C11H16O6/c1-6(12)17-8-4-15-10-9(8)16-5-11(10,13)2-7-3-14-7/h7-10,13H,2-5H2,1H3/t7?,8-,9-,10+,11+/m1/s1. The molecule has 1 N–H and O–H groups in total. The largest absolute Gasteiger partial charge is 0.457 e. The van der Waals surface area contributed by atoms with Crippen molar-refractivity contribution < 1.29 is 28.8 Å². The molecule has 3 rings (SSSR count). The Hall–Kier alpha value is -0.690. The number of ether oxygens (including phenoxy) is 4. The molecule has 0 bridgehead atoms. The average Bonchev–Trinajstić information content (AvgIpc) is 2.86. The Labute approximate surface area is 98.8 Å². The predicted octanol–water partition coefficient (Wildman–Crippen LogP) is -0.764. The van der Waals surface area contributed by atoms with E-state index in [0.29, 0.717) is 13.0 Å². The number of carbonyl (C=O) groups is 1. The van der Waals surface area contributed by atoms with Crippen LogP contribution in [0.3, 0.4) is 0 Å². The lowest BCUT2D eigenvalue weighted by molar-refractivity contribution is -0.151. The molecule has 0 saturated carbocycles. The van der Waals surface area contributed by atoms with E-state index in [1.165, 1.54) is 6.92 Å². The summed E-state index contributed by atoms with van der Waals surface area (Å²) in [4.78, 5) is 10.9. The Morgan fingerprint density at radius 1 is 1.41 bits per heavy atom. The Morgan fingerprint density at radius 3 is 2.82 bits per heavy atom. The normalized spacial score (nSPS) is 47.9. The van der Waals surface area contributed by atoms with Gasteiger partial charge in [0, 0.05) is 13.3 Å². The van der Waals surface area contributed by atoms with Gasteiger partial charge in [0.25, 0.3) is 0 Å². The first kappa shape index (κ1) is 11.4. The zero-order valence-electron chi connectivity index (χ0n) is 9.63. The first-order chi connectivity index (χ1) is 8.08. The zero-order chi connectivity index (χ0) is 12.0. The molecular weight excluding hydrogens is 228 g/mol. The van der Waals surface area contributed by atoms with E-state index in [1.54, 1.807) is 0 Å². The summed E-state index contributed by atoms with van der Waals surface area (Å²) in [5.74, 6) is -0.358. The van der Waals surface area contributed by atoms with Crippen LogP contribution in [0.2, 0.25) is 0 Å². The van der Waals surface area contributed by atoms with Gasteiger partial charge in [0.2, 0.25) is 0 Å². The number of carbonyl (C=O) groups excluding carboxylic acids is 1. The van der Waals surface area contributed by atoms with E-state index in [9.17, 15) is 9.90 Å². The number of epoxide rings is 1. The third-order valence-corrected chi connectivity index (χ3v) is 3.46. The molecule has 6 nitrogen and oxygen atoms in total. The molecule has 3 aliphatic rings. The van der Waals surface area contributed by atoms with E-state index in [2.05, 4.69) is 0 Å². The van der Waals surface area contributed by atoms with E-state index in [-0.39, 0.29) is 31.4 Å². The second-order valence-corrected chi connectivity index (χ2v) is 4.94. The zero-order valence-corrected chi connectivity index (χ0v) is 9.63. The summed E-state index contributed by atoms with van der Waals surface area (Å²) < 4.78 is 21.3. The Bertz CT molecular complexity index is 328. The van der Waals surface area contributed by atoms with Crippen LogP contribution in [0.5, 0.6) is 0 Å². The summed E-state index contributed by atoms with van der Waals surface area (Å²) in [5, 5.41) is 10.5. The quantitative estimate of drug-likeness (QED) is 0.519. The van der Waals surface area contributed by atoms with Gasteiger partial charge in [-0.2, -0.15) is 0 Å². The maximum absolute atomic E-state index is 10.9. The van der Waals surface area contributed by atoms with Gasteiger partial charge in [0.1, 0.15) is 17.8 Å². The van der Waals surface area contributed by atoms with E-state index < -0.39 is 17.8 Å². The number of esters is 1. The second kappa shape index (κ2) is 3.91. The van der Waals surface area contributed by atoms with Crippen LogP contribution < -0.4 is 0 Å². The van der Waals surface area contributed by atoms with E-state index in [1.807, 2.05) is 0 Å². The fourth-order valence-electron chi connectivity index (χ4n) is 2.63. The van der Waals surface area contributed by atoms with Gasteiger partial charge >= 0.3 is 5.97 Å².